The topological polar surface area (TPSA) is 78.8 Å². The molecule has 1 fully saturated rings. The lowest BCUT2D eigenvalue weighted by atomic mass is 10.2. The van der Waals surface area contributed by atoms with E-state index in [1.165, 1.54) is 12.4 Å². The number of aromatic carboxylic acids is 1. The predicted molar refractivity (Wildman–Crippen MR) is 86.4 cm³/mol. The fourth-order valence-corrected chi connectivity index (χ4v) is 2.66. The molecule has 0 atom stereocenters. The van der Waals surface area contributed by atoms with Gasteiger partial charge in [-0.05, 0) is 12.1 Å². The van der Waals surface area contributed by atoms with Gasteiger partial charge in [0, 0.05) is 26.2 Å². The van der Waals surface area contributed by atoms with Crippen LogP contribution in [0.4, 0.5) is 11.5 Å². The van der Waals surface area contributed by atoms with Crippen LogP contribution in [-0.4, -0.2) is 54.3 Å². The van der Waals surface area contributed by atoms with Gasteiger partial charge in [-0.2, -0.15) is 0 Å². The summed E-state index contributed by atoms with van der Waals surface area (Å²) < 4.78 is 5.41. The lowest BCUT2D eigenvalue weighted by Crippen LogP contribution is -2.47. The van der Waals surface area contributed by atoms with Gasteiger partial charge in [-0.25, -0.2) is 14.8 Å². The highest BCUT2D eigenvalue weighted by molar-refractivity contribution is 5.84. The standard InChI is InChI=1S/C16H18N4O3/c1-23-14-5-3-2-4-13(14)19-6-8-20(9-7-19)15-11-17-12(10-18-15)16(21)22/h2-5,10-11H,6-9H2,1H3,(H,21,22). The Balaban J connectivity index is 1.67. The number of piperazine rings is 1. The monoisotopic (exact) mass is 314 g/mol. The molecule has 23 heavy (non-hydrogen) atoms. The molecule has 2 aromatic rings. The van der Waals surface area contributed by atoms with E-state index < -0.39 is 5.97 Å². The second-order valence-electron chi connectivity index (χ2n) is 5.21. The number of benzene rings is 1. The fraction of sp³-hybridized carbons (Fsp3) is 0.312. The Hall–Kier alpha value is -2.83. The molecule has 1 aromatic carbocycles. The van der Waals surface area contributed by atoms with Gasteiger partial charge >= 0.3 is 5.97 Å². The summed E-state index contributed by atoms with van der Waals surface area (Å²) in [6.45, 7) is 3.25. The zero-order valence-corrected chi connectivity index (χ0v) is 12.8. The maximum atomic E-state index is 10.8. The minimum absolute atomic E-state index is 0.0404. The molecule has 1 aromatic heterocycles. The van der Waals surface area contributed by atoms with Crippen molar-refractivity contribution in [1.82, 2.24) is 9.97 Å². The lowest BCUT2D eigenvalue weighted by Gasteiger charge is -2.37. The number of para-hydroxylation sites is 2. The molecule has 7 nitrogen and oxygen atoms in total. The van der Waals surface area contributed by atoms with Crippen molar-refractivity contribution in [2.24, 2.45) is 0 Å². The predicted octanol–water partition coefficient (Wildman–Crippen LogP) is 1.51. The van der Waals surface area contributed by atoms with Crippen molar-refractivity contribution in [3.8, 4) is 5.75 Å². The Morgan fingerprint density at radius 2 is 1.78 bits per heavy atom. The minimum atomic E-state index is -1.06. The van der Waals surface area contributed by atoms with Crippen LogP contribution in [0.2, 0.25) is 0 Å². The molecular formula is C16H18N4O3. The first-order valence-electron chi connectivity index (χ1n) is 7.37. The van der Waals surface area contributed by atoms with E-state index in [1.54, 1.807) is 7.11 Å². The minimum Gasteiger partial charge on any atom is -0.495 e. The summed E-state index contributed by atoms with van der Waals surface area (Å²) in [5.74, 6) is 0.506. The van der Waals surface area contributed by atoms with Crippen molar-refractivity contribution in [1.29, 1.82) is 0 Å². The number of aromatic nitrogens is 2. The molecule has 1 saturated heterocycles. The number of methoxy groups -OCH3 is 1. The maximum absolute atomic E-state index is 10.8. The Kier molecular flexibility index (Phi) is 4.27. The first-order valence-corrected chi connectivity index (χ1v) is 7.37. The highest BCUT2D eigenvalue weighted by Gasteiger charge is 2.20. The van der Waals surface area contributed by atoms with Crippen molar-refractivity contribution in [2.45, 2.75) is 0 Å². The van der Waals surface area contributed by atoms with Crippen molar-refractivity contribution in [3.63, 3.8) is 0 Å². The molecule has 0 aliphatic carbocycles. The summed E-state index contributed by atoms with van der Waals surface area (Å²) in [6, 6.07) is 7.96. The average molecular weight is 314 g/mol. The Morgan fingerprint density at radius 3 is 2.39 bits per heavy atom. The number of carboxylic acid groups (broad SMARTS) is 1. The van der Waals surface area contributed by atoms with Crippen molar-refractivity contribution in [2.75, 3.05) is 43.1 Å². The van der Waals surface area contributed by atoms with Gasteiger partial charge < -0.3 is 19.6 Å². The zero-order valence-electron chi connectivity index (χ0n) is 12.8. The maximum Gasteiger partial charge on any atom is 0.356 e. The number of rotatable bonds is 4. The molecule has 3 rings (SSSR count). The van der Waals surface area contributed by atoms with Crippen LogP contribution < -0.4 is 14.5 Å². The first kappa shape index (κ1) is 15.1. The summed E-state index contributed by atoms with van der Waals surface area (Å²) in [5, 5.41) is 8.86. The summed E-state index contributed by atoms with van der Waals surface area (Å²) >= 11 is 0. The van der Waals surface area contributed by atoms with E-state index in [2.05, 4.69) is 25.8 Å². The second kappa shape index (κ2) is 6.51. The highest BCUT2D eigenvalue weighted by Crippen LogP contribution is 2.28. The molecule has 0 spiro atoms. The van der Waals surface area contributed by atoms with E-state index in [0.29, 0.717) is 5.82 Å². The number of hydrogen-bond donors (Lipinski definition) is 1. The Labute approximate surface area is 134 Å². The third-order valence-electron chi connectivity index (χ3n) is 3.89. The lowest BCUT2D eigenvalue weighted by molar-refractivity contribution is 0.0690. The molecule has 2 heterocycles. The smallest absolute Gasteiger partial charge is 0.356 e. The van der Waals surface area contributed by atoms with Gasteiger partial charge in [-0.1, -0.05) is 12.1 Å². The van der Waals surface area contributed by atoms with Crippen LogP contribution in [0.3, 0.4) is 0 Å². The van der Waals surface area contributed by atoms with E-state index in [0.717, 1.165) is 37.6 Å². The van der Waals surface area contributed by atoms with E-state index in [4.69, 9.17) is 9.84 Å². The average Bonchev–Trinajstić information content (AvgIpc) is 2.62. The molecule has 120 valence electrons. The van der Waals surface area contributed by atoms with Gasteiger partial charge in [0.2, 0.25) is 0 Å². The van der Waals surface area contributed by atoms with Gasteiger partial charge in [-0.3, -0.25) is 0 Å². The van der Waals surface area contributed by atoms with Crippen LogP contribution in [0.5, 0.6) is 5.75 Å². The van der Waals surface area contributed by atoms with Gasteiger partial charge in [0.1, 0.15) is 11.6 Å². The molecule has 1 aliphatic rings. The number of ether oxygens (including phenoxy) is 1. The zero-order chi connectivity index (χ0) is 16.2. The van der Waals surface area contributed by atoms with Gasteiger partial charge in [0.25, 0.3) is 0 Å². The van der Waals surface area contributed by atoms with E-state index in [9.17, 15) is 4.79 Å². The van der Waals surface area contributed by atoms with Crippen LogP contribution >= 0.6 is 0 Å². The summed E-state index contributed by atoms with van der Waals surface area (Å²) in [5.41, 5.74) is 1.04. The van der Waals surface area contributed by atoms with Crippen LogP contribution in [-0.2, 0) is 0 Å². The van der Waals surface area contributed by atoms with Gasteiger partial charge in [0.05, 0.1) is 25.2 Å². The summed E-state index contributed by atoms with van der Waals surface area (Å²) in [7, 11) is 1.68. The van der Waals surface area contributed by atoms with Crippen molar-refractivity contribution >= 4 is 17.5 Å². The second-order valence-corrected chi connectivity index (χ2v) is 5.21. The quantitative estimate of drug-likeness (QED) is 0.916. The fourth-order valence-electron chi connectivity index (χ4n) is 2.66. The Morgan fingerprint density at radius 1 is 1.09 bits per heavy atom. The van der Waals surface area contributed by atoms with E-state index >= 15 is 0 Å². The van der Waals surface area contributed by atoms with Crippen LogP contribution in [0.15, 0.2) is 36.7 Å². The molecule has 0 bridgehead atoms. The van der Waals surface area contributed by atoms with Crippen molar-refractivity contribution in [3.05, 3.63) is 42.4 Å². The SMILES string of the molecule is COc1ccccc1N1CCN(c2cnc(C(=O)O)cn2)CC1. The number of anilines is 2. The van der Waals surface area contributed by atoms with E-state index in [1.807, 2.05) is 18.2 Å². The highest BCUT2D eigenvalue weighted by atomic mass is 16.5. The van der Waals surface area contributed by atoms with Gasteiger partial charge in [0.15, 0.2) is 5.69 Å². The molecule has 1 aliphatic heterocycles. The molecular weight excluding hydrogens is 296 g/mol. The molecule has 0 radical (unpaired) electrons. The third kappa shape index (κ3) is 3.18. The van der Waals surface area contributed by atoms with Crippen LogP contribution in [0, 0.1) is 0 Å². The van der Waals surface area contributed by atoms with E-state index in [-0.39, 0.29) is 5.69 Å². The van der Waals surface area contributed by atoms with Crippen molar-refractivity contribution < 1.29 is 14.6 Å². The molecule has 0 unspecified atom stereocenters. The molecule has 0 amide bonds. The number of nitrogens with zero attached hydrogens (tertiary/aromatic N) is 4. The largest absolute Gasteiger partial charge is 0.495 e. The molecule has 0 saturated carbocycles. The number of hydrogen-bond acceptors (Lipinski definition) is 6. The number of carboxylic acids is 1. The van der Waals surface area contributed by atoms with Crippen LogP contribution in [0.25, 0.3) is 0 Å². The Bertz CT molecular complexity index is 682. The molecule has 7 heteroatoms. The third-order valence-corrected chi connectivity index (χ3v) is 3.89. The summed E-state index contributed by atoms with van der Waals surface area (Å²) in [4.78, 5) is 23.3. The molecule has 1 N–H and O–H groups in total. The summed E-state index contributed by atoms with van der Waals surface area (Å²) in [6.07, 6.45) is 2.81. The number of carbonyl (C=O) groups is 1. The first-order chi connectivity index (χ1) is 11.2. The normalized spacial score (nSPS) is 14.7. The van der Waals surface area contributed by atoms with Gasteiger partial charge in [-0.15, -0.1) is 0 Å². The van der Waals surface area contributed by atoms with Crippen LogP contribution in [0.1, 0.15) is 10.5 Å².